The van der Waals surface area contributed by atoms with Crippen LogP contribution in [0.25, 0.3) is 16.2 Å². The van der Waals surface area contributed by atoms with Crippen LogP contribution in [-0.4, -0.2) is 53.1 Å². The number of hydrogen-bond donors (Lipinski definition) is 0. The average Bonchev–Trinajstić information content (AvgIpc) is 3.44. The zero-order chi connectivity index (χ0) is 18.9. The number of rotatable bonds is 5. The van der Waals surface area contributed by atoms with E-state index in [-0.39, 0.29) is 0 Å². The van der Waals surface area contributed by atoms with Crippen LogP contribution in [0.3, 0.4) is 0 Å². The molecule has 3 aromatic rings. The molecule has 1 atom stereocenters. The number of ether oxygens (including phenoxy) is 2. The molecule has 2 aliphatic rings. The SMILES string of the molecule is Clc1ccc(-c2cn3nc(N4CCC(OCC5CCCO5)CC4)sc3n2)cc1. The van der Waals surface area contributed by atoms with Crippen LogP contribution in [0.4, 0.5) is 5.13 Å². The van der Waals surface area contributed by atoms with Crippen LogP contribution < -0.4 is 4.90 Å². The van der Waals surface area contributed by atoms with E-state index in [0.29, 0.717) is 12.2 Å². The summed E-state index contributed by atoms with van der Waals surface area (Å²) < 4.78 is 13.6. The molecule has 2 saturated heterocycles. The third kappa shape index (κ3) is 3.89. The van der Waals surface area contributed by atoms with Crippen molar-refractivity contribution < 1.29 is 9.47 Å². The molecule has 28 heavy (non-hydrogen) atoms. The van der Waals surface area contributed by atoms with Gasteiger partial charge in [0.05, 0.1) is 30.7 Å². The van der Waals surface area contributed by atoms with Crippen LogP contribution in [0.5, 0.6) is 0 Å². The highest BCUT2D eigenvalue weighted by Gasteiger charge is 2.24. The van der Waals surface area contributed by atoms with Crippen molar-refractivity contribution in [1.29, 1.82) is 0 Å². The van der Waals surface area contributed by atoms with Gasteiger partial charge < -0.3 is 14.4 Å². The molecular formula is C20H23ClN4O2S. The molecule has 148 valence electrons. The molecule has 8 heteroatoms. The summed E-state index contributed by atoms with van der Waals surface area (Å²) in [6.07, 6.45) is 6.99. The minimum atomic E-state index is 0.305. The Hall–Kier alpha value is -1.67. The molecule has 0 N–H and O–H groups in total. The smallest absolute Gasteiger partial charge is 0.214 e. The number of anilines is 1. The van der Waals surface area contributed by atoms with Crippen LogP contribution in [0.1, 0.15) is 25.7 Å². The maximum absolute atomic E-state index is 6.07. The van der Waals surface area contributed by atoms with Crippen molar-refractivity contribution in [3.63, 3.8) is 0 Å². The van der Waals surface area contributed by atoms with E-state index in [2.05, 4.69) is 4.90 Å². The topological polar surface area (TPSA) is 51.9 Å². The van der Waals surface area contributed by atoms with Gasteiger partial charge in [-0.05, 0) is 37.8 Å². The Bertz CT molecular complexity index is 896. The molecule has 1 unspecified atom stereocenters. The maximum atomic E-state index is 6.07. The van der Waals surface area contributed by atoms with Gasteiger partial charge >= 0.3 is 0 Å². The van der Waals surface area contributed by atoms with Crippen molar-refractivity contribution in [2.75, 3.05) is 31.2 Å². The number of piperidine rings is 1. The molecule has 2 aliphatic heterocycles. The summed E-state index contributed by atoms with van der Waals surface area (Å²) in [4.78, 5) is 7.98. The second-order valence-electron chi connectivity index (χ2n) is 7.40. The van der Waals surface area contributed by atoms with Crippen molar-refractivity contribution in [2.45, 2.75) is 37.9 Å². The minimum absolute atomic E-state index is 0.305. The van der Waals surface area contributed by atoms with E-state index in [1.165, 1.54) is 0 Å². The maximum Gasteiger partial charge on any atom is 0.214 e. The van der Waals surface area contributed by atoms with Gasteiger partial charge in [-0.15, -0.1) is 5.10 Å². The third-order valence-electron chi connectivity index (χ3n) is 5.43. The summed E-state index contributed by atoms with van der Waals surface area (Å²) in [5, 5.41) is 6.51. The Labute approximate surface area is 173 Å². The first kappa shape index (κ1) is 18.4. The Morgan fingerprint density at radius 2 is 2.00 bits per heavy atom. The Kier molecular flexibility index (Phi) is 5.24. The van der Waals surface area contributed by atoms with E-state index in [9.17, 15) is 0 Å². The number of hydrogen-bond acceptors (Lipinski definition) is 6. The predicted molar refractivity (Wildman–Crippen MR) is 111 cm³/mol. The van der Waals surface area contributed by atoms with Crippen LogP contribution in [0.15, 0.2) is 30.5 Å². The molecule has 0 aliphatic carbocycles. The number of imidazole rings is 1. The van der Waals surface area contributed by atoms with Gasteiger partial charge in [0.15, 0.2) is 0 Å². The normalized spacial score (nSPS) is 21.0. The van der Waals surface area contributed by atoms with E-state index < -0.39 is 0 Å². The molecule has 2 fully saturated rings. The Balaban J connectivity index is 1.20. The second kappa shape index (κ2) is 7.99. The highest BCUT2D eigenvalue weighted by Crippen LogP contribution is 2.29. The lowest BCUT2D eigenvalue weighted by Gasteiger charge is -2.31. The summed E-state index contributed by atoms with van der Waals surface area (Å²) in [5.41, 5.74) is 1.97. The zero-order valence-electron chi connectivity index (χ0n) is 15.6. The summed E-state index contributed by atoms with van der Waals surface area (Å²) in [6, 6.07) is 7.73. The molecule has 6 nitrogen and oxygen atoms in total. The molecule has 0 radical (unpaired) electrons. The fraction of sp³-hybridized carbons (Fsp3) is 0.500. The van der Waals surface area contributed by atoms with Crippen molar-refractivity contribution in [1.82, 2.24) is 14.6 Å². The lowest BCUT2D eigenvalue weighted by Crippen LogP contribution is -2.38. The fourth-order valence-corrected chi connectivity index (χ4v) is 4.87. The van der Waals surface area contributed by atoms with Crippen molar-refractivity contribution in [3.8, 4) is 11.3 Å². The van der Waals surface area contributed by atoms with Gasteiger partial charge in [0.1, 0.15) is 0 Å². The molecule has 4 heterocycles. The van der Waals surface area contributed by atoms with Gasteiger partial charge in [0.25, 0.3) is 0 Å². The molecular weight excluding hydrogens is 396 g/mol. The second-order valence-corrected chi connectivity index (χ2v) is 8.77. The van der Waals surface area contributed by atoms with Crippen LogP contribution in [-0.2, 0) is 9.47 Å². The van der Waals surface area contributed by atoms with Gasteiger partial charge in [-0.1, -0.05) is 35.1 Å². The van der Waals surface area contributed by atoms with Crippen LogP contribution in [0, 0.1) is 0 Å². The number of benzene rings is 1. The number of aromatic nitrogens is 3. The molecule has 0 bridgehead atoms. The summed E-state index contributed by atoms with van der Waals surface area (Å²) >= 11 is 7.61. The summed E-state index contributed by atoms with van der Waals surface area (Å²) in [5.74, 6) is 0. The van der Waals surface area contributed by atoms with E-state index in [0.717, 1.165) is 78.4 Å². The van der Waals surface area contributed by atoms with E-state index in [1.807, 2.05) is 35.0 Å². The minimum Gasteiger partial charge on any atom is -0.376 e. The first-order valence-corrected chi connectivity index (χ1v) is 11.0. The molecule has 1 aromatic carbocycles. The quantitative estimate of drug-likeness (QED) is 0.619. The van der Waals surface area contributed by atoms with Gasteiger partial charge in [-0.2, -0.15) is 0 Å². The van der Waals surface area contributed by atoms with Gasteiger partial charge in [-0.25, -0.2) is 9.50 Å². The first-order chi connectivity index (χ1) is 13.7. The Morgan fingerprint density at radius 1 is 1.18 bits per heavy atom. The highest BCUT2D eigenvalue weighted by molar-refractivity contribution is 7.20. The van der Waals surface area contributed by atoms with Crippen LogP contribution in [0.2, 0.25) is 5.02 Å². The van der Waals surface area contributed by atoms with E-state index in [4.69, 9.17) is 31.2 Å². The van der Waals surface area contributed by atoms with Gasteiger partial charge in [-0.3, -0.25) is 0 Å². The Morgan fingerprint density at radius 3 is 2.71 bits per heavy atom. The van der Waals surface area contributed by atoms with E-state index >= 15 is 0 Å². The van der Waals surface area contributed by atoms with Crippen LogP contribution >= 0.6 is 22.9 Å². The van der Waals surface area contributed by atoms with Crippen molar-refractivity contribution >= 4 is 33.0 Å². The average molecular weight is 419 g/mol. The molecule has 0 spiro atoms. The first-order valence-electron chi connectivity index (χ1n) is 9.85. The van der Waals surface area contributed by atoms with Gasteiger partial charge in [0, 0.05) is 30.3 Å². The summed E-state index contributed by atoms with van der Waals surface area (Å²) in [6.45, 7) is 3.56. The number of fused-ring (bicyclic) bond motifs is 1. The number of nitrogens with zero attached hydrogens (tertiary/aromatic N) is 4. The standard InChI is InChI=1S/C20H23ClN4O2S/c21-15-5-3-14(4-6-15)18-12-25-19(22-18)28-20(23-25)24-9-7-16(8-10-24)27-13-17-2-1-11-26-17/h3-6,12,16-17H,1-2,7-11,13H2. The zero-order valence-corrected chi connectivity index (χ0v) is 17.2. The lowest BCUT2D eigenvalue weighted by atomic mass is 10.1. The molecule has 0 amide bonds. The fourth-order valence-electron chi connectivity index (χ4n) is 3.81. The largest absolute Gasteiger partial charge is 0.376 e. The third-order valence-corrected chi connectivity index (χ3v) is 6.66. The van der Waals surface area contributed by atoms with Crippen molar-refractivity contribution in [2.24, 2.45) is 0 Å². The lowest BCUT2D eigenvalue weighted by molar-refractivity contribution is -0.0280. The number of halogens is 1. The predicted octanol–water partition coefficient (Wildman–Crippen LogP) is 4.28. The highest BCUT2D eigenvalue weighted by atomic mass is 35.5. The summed E-state index contributed by atoms with van der Waals surface area (Å²) in [7, 11) is 0. The van der Waals surface area contributed by atoms with E-state index in [1.54, 1.807) is 11.3 Å². The van der Waals surface area contributed by atoms with Crippen molar-refractivity contribution in [3.05, 3.63) is 35.5 Å². The molecule has 5 rings (SSSR count). The van der Waals surface area contributed by atoms with Gasteiger partial charge in [0.2, 0.25) is 10.1 Å². The molecule has 2 aromatic heterocycles. The monoisotopic (exact) mass is 418 g/mol. The molecule has 0 saturated carbocycles.